The third kappa shape index (κ3) is 3.80. The van der Waals surface area contributed by atoms with Crippen LogP contribution in [0.25, 0.3) is 11.1 Å². The largest absolute Gasteiger partial charge is 0.449 e. The first-order valence-corrected chi connectivity index (χ1v) is 10.0. The Morgan fingerprint density at radius 3 is 2.21 bits per heavy atom. The van der Waals surface area contributed by atoms with E-state index in [9.17, 15) is 15.0 Å². The lowest BCUT2D eigenvalue weighted by molar-refractivity contribution is -0.0657. The van der Waals surface area contributed by atoms with E-state index in [-0.39, 0.29) is 12.5 Å². The maximum absolute atomic E-state index is 12.3. The van der Waals surface area contributed by atoms with E-state index in [1.807, 2.05) is 41.8 Å². The van der Waals surface area contributed by atoms with Gasteiger partial charge in [-0.25, -0.2) is 4.79 Å². The molecule has 144 valence electrons. The van der Waals surface area contributed by atoms with Crippen LogP contribution in [0.5, 0.6) is 0 Å². The van der Waals surface area contributed by atoms with E-state index >= 15 is 0 Å². The van der Waals surface area contributed by atoms with Gasteiger partial charge in [0.2, 0.25) is 0 Å². The minimum Gasteiger partial charge on any atom is -0.449 e. The number of benzene rings is 2. The highest BCUT2D eigenvalue weighted by Crippen LogP contribution is 2.44. The summed E-state index contributed by atoms with van der Waals surface area (Å²) in [6, 6.07) is 19.2. The molecule has 1 unspecified atom stereocenters. The van der Waals surface area contributed by atoms with Crippen LogP contribution in [-0.4, -0.2) is 35.2 Å². The molecule has 2 aromatic carbocycles. The number of hydrogen-bond acceptors (Lipinski definition) is 5. The molecule has 0 bridgehead atoms. The van der Waals surface area contributed by atoms with Gasteiger partial charge in [0.15, 0.2) is 6.29 Å². The predicted octanol–water partition coefficient (Wildman–Crippen LogP) is 3.51. The number of amides is 1. The van der Waals surface area contributed by atoms with E-state index in [4.69, 9.17) is 4.74 Å². The van der Waals surface area contributed by atoms with Gasteiger partial charge in [-0.15, -0.1) is 11.3 Å². The average molecular weight is 395 g/mol. The summed E-state index contributed by atoms with van der Waals surface area (Å²) in [5.74, 6) is -0.0343. The van der Waals surface area contributed by atoms with Crippen LogP contribution in [-0.2, 0) is 11.2 Å². The Bertz CT molecular complexity index is 909. The Balaban J connectivity index is 1.43. The van der Waals surface area contributed by atoms with Crippen molar-refractivity contribution in [1.29, 1.82) is 0 Å². The fourth-order valence-electron chi connectivity index (χ4n) is 3.67. The maximum Gasteiger partial charge on any atom is 0.407 e. The zero-order chi connectivity index (χ0) is 19.5. The summed E-state index contributed by atoms with van der Waals surface area (Å²) in [5.41, 5.74) is 4.59. The molecule has 1 heterocycles. The highest BCUT2D eigenvalue weighted by Gasteiger charge is 2.29. The zero-order valence-corrected chi connectivity index (χ0v) is 15.9. The number of aliphatic hydroxyl groups excluding tert-OH is 1. The molecule has 3 aromatic rings. The standard InChI is InChI=1S/C22H21NO4S/c24-21(25)20(12-14-6-5-11-28-14)23-22(26)27-13-19-17-9-3-1-7-15(17)16-8-2-4-10-18(16)19/h1-11,19-21,24-25H,12-13H2,(H,23,26). The first-order valence-electron chi connectivity index (χ1n) is 9.13. The van der Waals surface area contributed by atoms with Gasteiger partial charge >= 0.3 is 6.09 Å². The summed E-state index contributed by atoms with van der Waals surface area (Å²) < 4.78 is 5.47. The van der Waals surface area contributed by atoms with Crippen molar-refractivity contribution >= 4 is 17.4 Å². The van der Waals surface area contributed by atoms with Crippen molar-refractivity contribution in [2.75, 3.05) is 6.61 Å². The summed E-state index contributed by atoms with van der Waals surface area (Å²) in [4.78, 5) is 13.3. The van der Waals surface area contributed by atoms with Gasteiger partial charge in [0.05, 0.1) is 6.04 Å². The molecule has 0 spiro atoms. The minimum atomic E-state index is -1.66. The molecule has 0 saturated carbocycles. The number of ether oxygens (including phenoxy) is 1. The summed E-state index contributed by atoms with van der Waals surface area (Å²) in [5, 5.41) is 23.7. The summed E-state index contributed by atoms with van der Waals surface area (Å²) in [7, 11) is 0. The van der Waals surface area contributed by atoms with Gasteiger partial charge in [-0.3, -0.25) is 0 Å². The Hall–Kier alpha value is -2.67. The van der Waals surface area contributed by atoms with Gasteiger partial charge in [-0.1, -0.05) is 54.6 Å². The number of carbonyl (C=O) groups is 1. The topological polar surface area (TPSA) is 78.8 Å². The molecular weight excluding hydrogens is 374 g/mol. The monoisotopic (exact) mass is 395 g/mol. The summed E-state index contributed by atoms with van der Waals surface area (Å²) in [6.07, 6.45) is -1.99. The lowest BCUT2D eigenvalue weighted by Crippen LogP contribution is -2.45. The van der Waals surface area contributed by atoms with Gasteiger partial charge in [0.25, 0.3) is 0 Å². The van der Waals surface area contributed by atoms with Crippen LogP contribution < -0.4 is 5.32 Å². The van der Waals surface area contributed by atoms with E-state index < -0.39 is 18.4 Å². The second kappa shape index (κ2) is 8.14. The Labute approximate surface area is 167 Å². The molecule has 28 heavy (non-hydrogen) atoms. The van der Waals surface area contributed by atoms with Crippen molar-refractivity contribution in [1.82, 2.24) is 5.32 Å². The maximum atomic E-state index is 12.3. The van der Waals surface area contributed by atoms with Crippen LogP contribution in [0, 0.1) is 0 Å². The van der Waals surface area contributed by atoms with Gasteiger partial charge in [0, 0.05) is 17.2 Å². The van der Waals surface area contributed by atoms with E-state index in [1.165, 1.54) is 11.3 Å². The van der Waals surface area contributed by atoms with Crippen molar-refractivity contribution in [2.24, 2.45) is 0 Å². The van der Waals surface area contributed by atoms with Crippen LogP contribution in [0.2, 0.25) is 0 Å². The smallest absolute Gasteiger partial charge is 0.407 e. The third-order valence-electron chi connectivity index (χ3n) is 5.01. The molecule has 1 amide bonds. The number of carbonyl (C=O) groups excluding carboxylic acids is 1. The van der Waals surface area contributed by atoms with E-state index in [0.29, 0.717) is 6.42 Å². The van der Waals surface area contributed by atoms with Crippen LogP contribution >= 0.6 is 11.3 Å². The number of thiophene rings is 1. The Kier molecular flexibility index (Phi) is 5.43. The lowest BCUT2D eigenvalue weighted by atomic mass is 9.98. The fourth-order valence-corrected chi connectivity index (χ4v) is 4.43. The molecule has 0 fully saturated rings. The number of nitrogens with one attached hydrogen (secondary N) is 1. The molecule has 1 aliphatic rings. The van der Waals surface area contributed by atoms with E-state index in [1.54, 1.807) is 0 Å². The first kappa shape index (κ1) is 18.7. The van der Waals surface area contributed by atoms with E-state index in [0.717, 1.165) is 27.1 Å². The molecule has 1 aliphatic carbocycles. The molecule has 6 heteroatoms. The van der Waals surface area contributed by atoms with Crippen LogP contribution in [0.4, 0.5) is 4.79 Å². The Morgan fingerprint density at radius 2 is 1.64 bits per heavy atom. The van der Waals surface area contributed by atoms with Crippen molar-refractivity contribution < 1.29 is 19.7 Å². The van der Waals surface area contributed by atoms with Crippen LogP contribution in [0.15, 0.2) is 66.0 Å². The van der Waals surface area contributed by atoms with Gasteiger partial charge in [-0.05, 0) is 33.7 Å². The van der Waals surface area contributed by atoms with Crippen LogP contribution in [0.3, 0.4) is 0 Å². The number of fused-ring (bicyclic) bond motifs is 3. The molecule has 5 nitrogen and oxygen atoms in total. The van der Waals surface area contributed by atoms with Crippen molar-refractivity contribution in [3.8, 4) is 11.1 Å². The molecule has 3 N–H and O–H groups in total. The zero-order valence-electron chi connectivity index (χ0n) is 15.1. The molecule has 0 saturated heterocycles. The highest BCUT2D eigenvalue weighted by atomic mass is 32.1. The normalized spacial score (nSPS) is 13.8. The first-order chi connectivity index (χ1) is 13.6. The average Bonchev–Trinajstić information content (AvgIpc) is 3.32. The van der Waals surface area contributed by atoms with Crippen molar-refractivity contribution in [2.45, 2.75) is 24.7 Å². The number of alkyl carbamates (subject to hydrolysis) is 1. The fraction of sp³-hybridized carbons (Fsp3) is 0.227. The van der Waals surface area contributed by atoms with Crippen molar-refractivity contribution in [3.63, 3.8) is 0 Å². The molecular formula is C22H21NO4S. The summed E-state index contributed by atoms with van der Waals surface area (Å²) >= 11 is 1.50. The van der Waals surface area contributed by atoms with Gasteiger partial charge < -0.3 is 20.3 Å². The van der Waals surface area contributed by atoms with E-state index in [2.05, 4.69) is 29.6 Å². The molecule has 0 aliphatic heterocycles. The van der Waals surface area contributed by atoms with Crippen LogP contribution in [0.1, 0.15) is 21.9 Å². The second-order valence-corrected chi connectivity index (χ2v) is 7.81. The SMILES string of the molecule is O=C(NC(Cc1cccs1)C(O)O)OCC1c2ccccc2-c2ccccc21. The van der Waals surface area contributed by atoms with Crippen molar-refractivity contribution in [3.05, 3.63) is 82.0 Å². The second-order valence-electron chi connectivity index (χ2n) is 6.77. The molecule has 1 aromatic heterocycles. The molecule has 4 rings (SSSR count). The Morgan fingerprint density at radius 1 is 1.00 bits per heavy atom. The minimum absolute atomic E-state index is 0.0343. The quantitative estimate of drug-likeness (QED) is 0.558. The highest BCUT2D eigenvalue weighted by molar-refractivity contribution is 7.09. The van der Waals surface area contributed by atoms with Gasteiger partial charge in [-0.2, -0.15) is 0 Å². The third-order valence-corrected chi connectivity index (χ3v) is 5.91. The number of rotatable bonds is 6. The molecule has 0 radical (unpaired) electrons. The lowest BCUT2D eigenvalue weighted by Gasteiger charge is -2.21. The number of hydrogen-bond donors (Lipinski definition) is 3. The van der Waals surface area contributed by atoms with Gasteiger partial charge in [0.1, 0.15) is 6.61 Å². The summed E-state index contributed by atoms with van der Waals surface area (Å²) in [6.45, 7) is 0.188. The predicted molar refractivity (Wildman–Crippen MR) is 108 cm³/mol. The number of aliphatic hydroxyl groups is 2. The molecule has 1 atom stereocenters.